The minimum atomic E-state index is -0.969. The lowest BCUT2D eigenvalue weighted by molar-refractivity contribution is -0.385. The highest BCUT2D eigenvalue weighted by Gasteiger charge is 2.33. The molecule has 0 aromatic heterocycles. The molecule has 10 heteroatoms. The van der Waals surface area contributed by atoms with E-state index in [0.717, 1.165) is 0 Å². The first-order chi connectivity index (χ1) is 14.2. The fourth-order valence-corrected chi connectivity index (χ4v) is 3.09. The van der Waals surface area contributed by atoms with Crippen molar-refractivity contribution in [2.24, 2.45) is 0 Å². The molecule has 0 aliphatic carbocycles. The normalized spacial score (nSPS) is 13.7. The summed E-state index contributed by atoms with van der Waals surface area (Å²) in [7, 11) is 1.31. The molecule has 0 fully saturated rings. The van der Waals surface area contributed by atoms with E-state index in [1.165, 1.54) is 50.1 Å². The number of carbonyl (C=O) groups excluding carboxylic acids is 3. The first-order valence-corrected chi connectivity index (χ1v) is 8.96. The van der Waals surface area contributed by atoms with Gasteiger partial charge in [-0.05, 0) is 44.2 Å². The van der Waals surface area contributed by atoms with E-state index in [4.69, 9.17) is 9.47 Å². The molecule has 2 aromatic carbocycles. The summed E-state index contributed by atoms with van der Waals surface area (Å²) < 4.78 is 10.3. The Balaban J connectivity index is 1.89. The van der Waals surface area contributed by atoms with Gasteiger partial charge in [-0.25, -0.2) is 0 Å². The molecule has 0 saturated heterocycles. The van der Waals surface area contributed by atoms with Crippen LogP contribution in [0.3, 0.4) is 0 Å². The fraction of sp³-hybridized carbons (Fsp3) is 0.250. The van der Waals surface area contributed by atoms with Crippen LogP contribution in [0.1, 0.15) is 24.2 Å². The van der Waals surface area contributed by atoms with Gasteiger partial charge in [0.1, 0.15) is 11.8 Å². The second kappa shape index (κ2) is 8.19. The second-order valence-electron chi connectivity index (χ2n) is 6.60. The quantitative estimate of drug-likeness (QED) is 0.438. The Morgan fingerprint density at radius 3 is 2.63 bits per heavy atom. The lowest BCUT2D eigenvalue weighted by Crippen LogP contribution is -2.49. The van der Waals surface area contributed by atoms with E-state index in [-0.39, 0.29) is 29.5 Å². The van der Waals surface area contributed by atoms with Crippen molar-refractivity contribution in [2.45, 2.75) is 19.9 Å². The van der Waals surface area contributed by atoms with E-state index < -0.39 is 22.8 Å². The molecule has 1 unspecified atom stereocenters. The van der Waals surface area contributed by atoms with Gasteiger partial charge >= 0.3 is 5.69 Å². The van der Waals surface area contributed by atoms with Crippen LogP contribution in [0, 0.1) is 10.1 Å². The van der Waals surface area contributed by atoms with Crippen molar-refractivity contribution in [3.63, 3.8) is 0 Å². The Labute approximate surface area is 171 Å². The molecule has 0 bridgehead atoms. The number of ketones is 1. The number of nitro benzene ring substituents is 1. The van der Waals surface area contributed by atoms with Crippen LogP contribution in [0.2, 0.25) is 0 Å². The molecule has 2 aromatic rings. The van der Waals surface area contributed by atoms with Gasteiger partial charge in [-0.15, -0.1) is 0 Å². The molecule has 0 spiro atoms. The van der Waals surface area contributed by atoms with Crippen molar-refractivity contribution < 1.29 is 28.8 Å². The monoisotopic (exact) mass is 413 g/mol. The van der Waals surface area contributed by atoms with Crippen molar-refractivity contribution in [2.75, 3.05) is 23.9 Å². The van der Waals surface area contributed by atoms with Crippen LogP contribution < -0.4 is 19.7 Å². The number of nitrogens with zero attached hydrogens (tertiary/aromatic N) is 2. The third-order valence-corrected chi connectivity index (χ3v) is 4.65. The van der Waals surface area contributed by atoms with Gasteiger partial charge in [-0.3, -0.25) is 29.4 Å². The van der Waals surface area contributed by atoms with E-state index in [0.29, 0.717) is 17.0 Å². The number of nitrogens with one attached hydrogen (secondary N) is 1. The van der Waals surface area contributed by atoms with Crippen molar-refractivity contribution in [3.8, 4) is 11.5 Å². The SMILES string of the molecule is COc1ccc(NC(=O)C(C)N2C(=O)COc3ccc(C(C)=O)cc32)cc1[N+](=O)[O-]. The molecule has 1 N–H and O–H groups in total. The second-order valence-corrected chi connectivity index (χ2v) is 6.60. The molecule has 0 saturated carbocycles. The largest absolute Gasteiger partial charge is 0.490 e. The molecule has 30 heavy (non-hydrogen) atoms. The molecule has 2 amide bonds. The zero-order valence-electron chi connectivity index (χ0n) is 16.5. The van der Waals surface area contributed by atoms with Crippen LogP contribution in [0.25, 0.3) is 0 Å². The standard InChI is InChI=1S/C20H19N3O7/c1-11(20(26)21-14-5-7-17(29-3)16(9-14)23(27)28)22-15-8-13(12(2)24)4-6-18(15)30-10-19(22)25/h4-9,11H,10H2,1-3H3,(H,21,26). The number of anilines is 2. The van der Waals surface area contributed by atoms with Gasteiger partial charge in [0.25, 0.3) is 5.91 Å². The average molecular weight is 413 g/mol. The van der Waals surface area contributed by atoms with E-state index in [1.807, 2.05) is 0 Å². The predicted molar refractivity (Wildman–Crippen MR) is 107 cm³/mol. The number of ether oxygens (including phenoxy) is 2. The fourth-order valence-electron chi connectivity index (χ4n) is 3.09. The molecule has 1 aliphatic rings. The van der Waals surface area contributed by atoms with Gasteiger partial charge < -0.3 is 14.8 Å². The van der Waals surface area contributed by atoms with Gasteiger partial charge in [0.2, 0.25) is 5.91 Å². The Morgan fingerprint density at radius 2 is 2.00 bits per heavy atom. The minimum Gasteiger partial charge on any atom is -0.490 e. The zero-order chi connectivity index (χ0) is 22.0. The van der Waals surface area contributed by atoms with Crippen LogP contribution >= 0.6 is 0 Å². The summed E-state index contributed by atoms with van der Waals surface area (Å²) in [5.41, 5.74) is 0.553. The van der Waals surface area contributed by atoms with Crippen molar-refractivity contribution >= 4 is 34.7 Å². The number of Topliss-reactive ketones (excluding diaryl/α,β-unsaturated/α-hetero) is 1. The number of amides is 2. The van der Waals surface area contributed by atoms with Crippen LogP contribution in [-0.4, -0.2) is 42.3 Å². The van der Waals surface area contributed by atoms with Gasteiger partial charge in [0.05, 0.1) is 17.7 Å². The first-order valence-electron chi connectivity index (χ1n) is 8.96. The number of hydrogen-bond donors (Lipinski definition) is 1. The molecule has 1 aliphatic heterocycles. The maximum Gasteiger partial charge on any atom is 0.312 e. The summed E-state index contributed by atoms with van der Waals surface area (Å²) in [6.07, 6.45) is 0. The number of rotatable bonds is 6. The molecule has 3 rings (SSSR count). The average Bonchev–Trinajstić information content (AvgIpc) is 2.72. The molecule has 0 radical (unpaired) electrons. The Hall–Kier alpha value is -3.95. The van der Waals surface area contributed by atoms with Crippen LogP contribution in [0.5, 0.6) is 11.5 Å². The minimum absolute atomic E-state index is 0.0556. The summed E-state index contributed by atoms with van der Waals surface area (Å²) in [6.45, 7) is 2.66. The molecule has 156 valence electrons. The van der Waals surface area contributed by atoms with Gasteiger partial charge in [-0.1, -0.05) is 0 Å². The highest BCUT2D eigenvalue weighted by atomic mass is 16.6. The smallest absolute Gasteiger partial charge is 0.312 e. The summed E-state index contributed by atoms with van der Waals surface area (Å²) in [5.74, 6) is -0.784. The summed E-state index contributed by atoms with van der Waals surface area (Å²) in [5, 5.41) is 13.8. The van der Waals surface area contributed by atoms with Crippen molar-refractivity contribution in [3.05, 3.63) is 52.1 Å². The number of carbonyl (C=O) groups is 3. The van der Waals surface area contributed by atoms with Gasteiger partial charge in [0.15, 0.2) is 18.1 Å². The number of fused-ring (bicyclic) bond motifs is 1. The van der Waals surface area contributed by atoms with Crippen LogP contribution in [0.4, 0.5) is 17.1 Å². The topological polar surface area (TPSA) is 128 Å². The molecular formula is C20H19N3O7. The van der Waals surface area contributed by atoms with E-state index >= 15 is 0 Å². The van der Waals surface area contributed by atoms with E-state index in [9.17, 15) is 24.5 Å². The lowest BCUT2D eigenvalue weighted by Gasteiger charge is -2.33. The molecular weight excluding hydrogens is 394 g/mol. The maximum atomic E-state index is 12.8. The number of hydrogen-bond acceptors (Lipinski definition) is 7. The lowest BCUT2D eigenvalue weighted by atomic mass is 10.1. The zero-order valence-corrected chi connectivity index (χ0v) is 16.5. The van der Waals surface area contributed by atoms with E-state index in [1.54, 1.807) is 12.1 Å². The van der Waals surface area contributed by atoms with Gasteiger partial charge in [0, 0.05) is 17.3 Å². The molecule has 10 nitrogen and oxygen atoms in total. The Kier molecular flexibility index (Phi) is 5.67. The summed E-state index contributed by atoms with van der Waals surface area (Å²) in [6, 6.07) is 7.68. The number of nitro groups is 1. The van der Waals surface area contributed by atoms with Crippen molar-refractivity contribution in [1.82, 2.24) is 0 Å². The highest BCUT2D eigenvalue weighted by Crippen LogP contribution is 2.35. The molecule has 1 heterocycles. The first kappa shape index (κ1) is 20.8. The Bertz CT molecular complexity index is 1050. The van der Waals surface area contributed by atoms with E-state index in [2.05, 4.69) is 5.32 Å². The number of methoxy groups -OCH3 is 1. The highest BCUT2D eigenvalue weighted by molar-refractivity contribution is 6.08. The van der Waals surface area contributed by atoms with Crippen LogP contribution in [0.15, 0.2) is 36.4 Å². The summed E-state index contributed by atoms with van der Waals surface area (Å²) in [4.78, 5) is 48.8. The van der Waals surface area contributed by atoms with Crippen LogP contribution in [-0.2, 0) is 9.59 Å². The maximum absolute atomic E-state index is 12.8. The Morgan fingerprint density at radius 1 is 1.27 bits per heavy atom. The third kappa shape index (κ3) is 3.93. The third-order valence-electron chi connectivity index (χ3n) is 4.65. The predicted octanol–water partition coefficient (Wildman–Crippen LogP) is 2.56. The summed E-state index contributed by atoms with van der Waals surface area (Å²) >= 11 is 0. The van der Waals surface area contributed by atoms with Crippen molar-refractivity contribution in [1.29, 1.82) is 0 Å². The van der Waals surface area contributed by atoms with Gasteiger partial charge in [-0.2, -0.15) is 0 Å². The number of benzene rings is 2. The molecule has 1 atom stereocenters.